The summed E-state index contributed by atoms with van der Waals surface area (Å²) < 4.78 is 41.3. The van der Waals surface area contributed by atoms with Gasteiger partial charge in [-0.3, -0.25) is 19.5 Å². The zero-order valence-corrected chi connectivity index (χ0v) is 41.5. The zero-order valence-electron chi connectivity index (χ0n) is 40.6. The van der Waals surface area contributed by atoms with Crippen LogP contribution >= 0.6 is 12.6 Å². The quantitative estimate of drug-likeness (QED) is 0.0509. The highest BCUT2D eigenvalue weighted by atomic mass is 32.1. The summed E-state index contributed by atoms with van der Waals surface area (Å²) in [4.78, 5) is 39.1. The van der Waals surface area contributed by atoms with Crippen LogP contribution in [0.3, 0.4) is 0 Å². The van der Waals surface area contributed by atoms with E-state index in [4.69, 9.17) is 50.8 Å². The largest absolute Gasteiger partial charge is 0.493 e. The number of aliphatic imine (C=N–C) groups is 1. The van der Waals surface area contributed by atoms with Crippen molar-refractivity contribution in [1.29, 1.82) is 0 Å². The Morgan fingerprint density at radius 1 is 0.783 bits per heavy atom. The molecule has 3 heterocycles. The van der Waals surface area contributed by atoms with Crippen molar-refractivity contribution < 1.29 is 42.7 Å². The molecule has 0 aliphatic carbocycles. The molecule has 15 heteroatoms. The number of nitrogens with one attached hydrogen (secondary N) is 1. The molecule has 0 radical (unpaired) electrons. The van der Waals surface area contributed by atoms with Crippen LogP contribution in [0.25, 0.3) is 0 Å². The number of carbonyl (C=O) groups excluding carboxylic acids is 2. The summed E-state index contributed by atoms with van der Waals surface area (Å²) in [5, 5.41) is 3.23. The molecule has 0 aromatic heterocycles. The van der Waals surface area contributed by atoms with Gasteiger partial charge in [-0.25, -0.2) is 0 Å². The zero-order chi connectivity index (χ0) is 48.7. The number of hydrogen-bond acceptors (Lipinski definition) is 13. The molecule has 14 nitrogen and oxygen atoms in total. The van der Waals surface area contributed by atoms with E-state index in [9.17, 15) is 9.59 Å². The van der Waals surface area contributed by atoms with Gasteiger partial charge in [0.05, 0.1) is 75.8 Å². The monoisotopic (exact) mass is 957 g/mol. The Bertz CT molecular complexity index is 2670. The highest BCUT2D eigenvalue weighted by Gasteiger charge is 2.37. The average Bonchev–Trinajstić information content (AvgIpc) is 3.86. The van der Waals surface area contributed by atoms with E-state index < -0.39 is 0 Å². The van der Waals surface area contributed by atoms with Crippen molar-refractivity contribution in [2.24, 2.45) is 4.99 Å². The molecule has 69 heavy (non-hydrogen) atoms. The number of anilines is 4. The summed E-state index contributed by atoms with van der Waals surface area (Å²) in [5.74, 6) is 1.51. The van der Waals surface area contributed by atoms with Crippen molar-refractivity contribution >= 4 is 59.1 Å². The lowest BCUT2D eigenvalue weighted by atomic mass is 10.1. The molecule has 3 aliphatic rings. The fourth-order valence-corrected chi connectivity index (χ4v) is 9.40. The molecule has 3 aliphatic heterocycles. The van der Waals surface area contributed by atoms with Gasteiger partial charge in [0, 0.05) is 79.9 Å². The van der Waals surface area contributed by atoms with E-state index in [-0.39, 0.29) is 41.9 Å². The molecule has 1 N–H and O–H groups in total. The number of amides is 2. The molecule has 2 amide bonds. The number of benzene rings is 5. The lowest BCUT2D eigenvalue weighted by Crippen LogP contribution is -2.37. The van der Waals surface area contributed by atoms with Crippen LogP contribution < -0.4 is 39.0 Å². The van der Waals surface area contributed by atoms with Gasteiger partial charge in [-0.1, -0.05) is 36.4 Å². The summed E-state index contributed by atoms with van der Waals surface area (Å²) in [6.07, 6.45) is 3.33. The second-order valence-corrected chi connectivity index (χ2v) is 19.3. The molecule has 0 saturated heterocycles. The van der Waals surface area contributed by atoms with E-state index >= 15 is 0 Å². The Hall–Kier alpha value is -6.26. The first-order valence-electron chi connectivity index (χ1n) is 23.4. The summed E-state index contributed by atoms with van der Waals surface area (Å²) in [6, 6.07) is 29.1. The standard InChI is InChI=1S/C54H63N5O9S/c1-35-22-38-12-8-10-14-46(38)58(35)52(60)42-27-48(63-6)50(29-44(42)55-4)67-32-36-23-37(25-40(24-36)57(34-54(2,3)69)16-17-65-20-21-66-19-18-62-5)33-68-51-30-45-43(28-49(51)64-7)53(61)59-41(31-56-45)26-39-13-9-11-15-47(39)59/h8-15,23-25,27-31,35,41,55,69H,16-22,26,32-34H2,1-7H3/t35?,41-/m0/s1. The van der Waals surface area contributed by atoms with Gasteiger partial charge in [0.1, 0.15) is 13.2 Å². The number of hydrogen-bond donors (Lipinski definition) is 2. The van der Waals surface area contributed by atoms with E-state index in [1.54, 1.807) is 46.6 Å². The fraction of sp³-hybridized carbons (Fsp3) is 0.389. The van der Waals surface area contributed by atoms with Gasteiger partial charge in [0.25, 0.3) is 11.8 Å². The highest BCUT2D eigenvalue weighted by Crippen LogP contribution is 2.42. The molecule has 8 rings (SSSR count). The van der Waals surface area contributed by atoms with Crippen molar-refractivity contribution in [3.63, 3.8) is 0 Å². The van der Waals surface area contributed by atoms with Crippen LogP contribution in [-0.4, -0.2) is 109 Å². The van der Waals surface area contributed by atoms with Crippen LogP contribution in [0, 0.1) is 0 Å². The van der Waals surface area contributed by atoms with E-state index in [2.05, 4.69) is 55.3 Å². The molecule has 1 unspecified atom stereocenters. The highest BCUT2D eigenvalue weighted by molar-refractivity contribution is 7.81. The van der Waals surface area contributed by atoms with Crippen molar-refractivity contribution in [2.45, 2.75) is 63.7 Å². The van der Waals surface area contributed by atoms with Crippen LogP contribution in [0.2, 0.25) is 0 Å². The van der Waals surface area contributed by atoms with Crippen LogP contribution in [0.5, 0.6) is 23.0 Å². The molecular formula is C54H63N5O9S. The van der Waals surface area contributed by atoms with Gasteiger partial charge in [0.2, 0.25) is 0 Å². The lowest BCUT2D eigenvalue weighted by Gasteiger charge is -2.32. The molecule has 5 aromatic carbocycles. The first kappa shape index (κ1) is 49.2. The Labute approximate surface area is 410 Å². The van der Waals surface area contributed by atoms with Crippen molar-refractivity contribution in [2.75, 3.05) is 94.5 Å². The summed E-state index contributed by atoms with van der Waals surface area (Å²) in [6.45, 7) is 10.1. The predicted octanol–water partition coefficient (Wildman–Crippen LogP) is 8.98. The molecule has 5 aromatic rings. The van der Waals surface area contributed by atoms with Gasteiger partial charge < -0.3 is 48.3 Å². The Morgan fingerprint density at radius 3 is 2.07 bits per heavy atom. The van der Waals surface area contributed by atoms with E-state index in [0.717, 1.165) is 45.7 Å². The topological polar surface area (TPSA) is 133 Å². The third-order valence-corrected chi connectivity index (χ3v) is 12.6. The maximum Gasteiger partial charge on any atom is 0.261 e. The minimum Gasteiger partial charge on any atom is -0.493 e. The van der Waals surface area contributed by atoms with Crippen LogP contribution in [0.1, 0.15) is 63.7 Å². The number of methoxy groups -OCH3 is 3. The van der Waals surface area contributed by atoms with Crippen molar-refractivity contribution in [1.82, 2.24) is 0 Å². The summed E-state index contributed by atoms with van der Waals surface area (Å²) in [7, 11) is 6.58. The smallest absolute Gasteiger partial charge is 0.261 e. The van der Waals surface area contributed by atoms with Crippen molar-refractivity contribution in [3.8, 4) is 23.0 Å². The third-order valence-electron chi connectivity index (χ3n) is 12.4. The Kier molecular flexibility index (Phi) is 15.7. The van der Waals surface area contributed by atoms with Gasteiger partial charge in [0.15, 0.2) is 23.0 Å². The normalized spacial score (nSPS) is 15.8. The third kappa shape index (κ3) is 11.3. The van der Waals surface area contributed by atoms with Gasteiger partial charge in [-0.05, 0) is 91.9 Å². The maximum absolute atomic E-state index is 14.3. The second kappa shape index (κ2) is 22.0. The van der Waals surface area contributed by atoms with Crippen molar-refractivity contribution in [3.05, 3.63) is 124 Å². The van der Waals surface area contributed by atoms with Gasteiger partial charge >= 0.3 is 0 Å². The van der Waals surface area contributed by atoms with Crippen LogP contribution in [-0.2, 0) is 40.3 Å². The van der Waals surface area contributed by atoms with E-state index in [1.165, 1.54) is 0 Å². The van der Waals surface area contributed by atoms with Crippen LogP contribution in [0.4, 0.5) is 28.4 Å². The number of rotatable bonds is 22. The first-order valence-corrected chi connectivity index (χ1v) is 23.8. The number of nitrogens with zero attached hydrogens (tertiary/aromatic N) is 4. The minimum absolute atomic E-state index is 0.00130. The molecule has 364 valence electrons. The number of ether oxygens (including phenoxy) is 7. The number of thiol groups is 1. The Morgan fingerprint density at radius 2 is 1.41 bits per heavy atom. The minimum atomic E-state index is -0.359. The van der Waals surface area contributed by atoms with Gasteiger partial charge in [-0.15, -0.1) is 0 Å². The molecule has 0 spiro atoms. The number of fused-ring (bicyclic) bond motifs is 5. The van der Waals surface area contributed by atoms with E-state index in [1.807, 2.05) is 64.5 Å². The number of carbonyl (C=O) groups is 2. The maximum atomic E-state index is 14.3. The first-order chi connectivity index (χ1) is 33.4. The summed E-state index contributed by atoms with van der Waals surface area (Å²) in [5.41, 5.74) is 8.77. The molecule has 0 bridgehead atoms. The predicted molar refractivity (Wildman–Crippen MR) is 275 cm³/mol. The molecule has 0 fully saturated rings. The Balaban J connectivity index is 1.07. The average molecular weight is 958 g/mol. The van der Waals surface area contributed by atoms with Crippen LogP contribution in [0.15, 0.2) is 96.0 Å². The SMILES string of the molecule is CNc1cc(OCc2cc(COc3cc4c(cc3OC)C(=O)N3c5ccccc5C[C@H]3C=N4)cc(N(CCOCCOCCOC)CC(C)(C)S)c2)c(OC)cc1C(=O)N1c2ccccc2CC1C. The summed E-state index contributed by atoms with van der Waals surface area (Å²) >= 11 is 4.94. The fourth-order valence-electron chi connectivity index (χ4n) is 9.23. The lowest BCUT2D eigenvalue weighted by molar-refractivity contribution is 0.0264. The van der Waals surface area contributed by atoms with E-state index in [0.29, 0.717) is 98.0 Å². The number of para-hydroxylation sites is 2. The molecule has 0 saturated carbocycles. The second-order valence-electron chi connectivity index (χ2n) is 18.1. The molecular weight excluding hydrogens is 895 g/mol. The molecule has 2 atom stereocenters. The van der Waals surface area contributed by atoms with Gasteiger partial charge in [-0.2, -0.15) is 12.6 Å².